The molecular formula is C7H8F5NO3S. The lowest BCUT2D eigenvalue weighted by Gasteiger charge is -2.14. The smallest absolute Gasteiger partial charge is 0.442 e. The summed E-state index contributed by atoms with van der Waals surface area (Å²) in [5.74, 6) is -4.06. The number of rotatable bonds is 6. The Morgan fingerprint density at radius 1 is 1.29 bits per heavy atom. The summed E-state index contributed by atoms with van der Waals surface area (Å²) in [7, 11) is 0. The molecule has 1 atom stereocenters. The van der Waals surface area contributed by atoms with Gasteiger partial charge >= 0.3 is 11.5 Å². The van der Waals surface area contributed by atoms with Gasteiger partial charge in [-0.3, -0.25) is 4.79 Å². The van der Waals surface area contributed by atoms with Gasteiger partial charge in [0, 0.05) is 6.42 Å². The normalized spacial score (nSPS) is 13.5. The number of halogens is 5. The average Bonchev–Trinajstić information content (AvgIpc) is 2.11. The van der Waals surface area contributed by atoms with Crippen molar-refractivity contribution in [1.29, 1.82) is 0 Å². The molecule has 100 valence electrons. The maximum absolute atomic E-state index is 11.9. The van der Waals surface area contributed by atoms with Crippen molar-refractivity contribution in [2.24, 2.45) is 0 Å². The molecule has 0 rings (SSSR count). The second-order valence-electron chi connectivity index (χ2n) is 2.82. The molecule has 0 aliphatic rings. The zero-order chi connectivity index (χ0) is 13.6. The van der Waals surface area contributed by atoms with Gasteiger partial charge in [-0.15, -0.1) is 0 Å². The minimum Gasteiger partial charge on any atom is -0.480 e. The number of hydrogen-bond acceptors (Lipinski definition) is 3. The fraction of sp³-hybridized carbons (Fsp3) is 0.714. The highest BCUT2D eigenvalue weighted by molar-refractivity contribution is 8.00. The van der Waals surface area contributed by atoms with E-state index in [1.807, 2.05) is 0 Å². The minimum atomic E-state index is -4.64. The molecule has 1 amide bonds. The van der Waals surface area contributed by atoms with Crippen LogP contribution < -0.4 is 5.32 Å². The lowest BCUT2D eigenvalue weighted by molar-refractivity contribution is -0.142. The summed E-state index contributed by atoms with van der Waals surface area (Å²) in [6.45, 7) is 0. The van der Waals surface area contributed by atoms with Gasteiger partial charge in [0.2, 0.25) is 12.3 Å². The van der Waals surface area contributed by atoms with Crippen LogP contribution in [0.2, 0.25) is 0 Å². The summed E-state index contributed by atoms with van der Waals surface area (Å²) in [6.07, 6.45) is -4.13. The van der Waals surface area contributed by atoms with E-state index < -0.39 is 53.8 Å². The van der Waals surface area contributed by atoms with Crippen molar-refractivity contribution in [3.8, 4) is 0 Å². The lowest BCUT2D eigenvalue weighted by atomic mass is 10.2. The van der Waals surface area contributed by atoms with Gasteiger partial charge in [0.1, 0.15) is 6.04 Å². The van der Waals surface area contributed by atoms with Gasteiger partial charge in [-0.05, 0) is 11.8 Å². The number of carboxylic acid groups (broad SMARTS) is 1. The van der Waals surface area contributed by atoms with Gasteiger partial charge in [0.05, 0.1) is 5.75 Å². The second kappa shape index (κ2) is 6.62. The molecule has 17 heavy (non-hydrogen) atoms. The molecule has 10 heteroatoms. The number of thioether (sulfide) groups is 1. The summed E-state index contributed by atoms with van der Waals surface area (Å²) in [5.41, 5.74) is -4.64. The monoisotopic (exact) mass is 281 g/mol. The number of amides is 1. The van der Waals surface area contributed by atoms with Crippen LogP contribution in [-0.2, 0) is 9.59 Å². The predicted octanol–water partition coefficient (Wildman–Crippen LogP) is 1.46. The van der Waals surface area contributed by atoms with Crippen molar-refractivity contribution in [2.45, 2.75) is 24.4 Å². The Morgan fingerprint density at radius 2 is 1.82 bits per heavy atom. The molecule has 0 aromatic carbocycles. The summed E-state index contributed by atoms with van der Waals surface area (Å²) in [6, 6.07) is -1.89. The predicted molar refractivity (Wildman–Crippen MR) is 48.7 cm³/mol. The third kappa shape index (κ3) is 8.72. The Kier molecular flexibility index (Phi) is 6.21. The highest BCUT2D eigenvalue weighted by Crippen LogP contribution is 2.29. The quantitative estimate of drug-likeness (QED) is 0.723. The van der Waals surface area contributed by atoms with Gasteiger partial charge in [-0.2, -0.15) is 13.2 Å². The number of nitrogens with one attached hydrogen (secondary N) is 1. The summed E-state index contributed by atoms with van der Waals surface area (Å²) in [5, 5.41) is 10.0. The molecule has 0 spiro atoms. The van der Waals surface area contributed by atoms with Crippen LogP contribution in [0.1, 0.15) is 6.42 Å². The van der Waals surface area contributed by atoms with Crippen molar-refractivity contribution in [2.75, 3.05) is 5.75 Å². The largest absolute Gasteiger partial charge is 0.480 e. The van der Waals surface area contributed by atoms with Crippen LogP contribution >= 0.6 is 11.8 Å². The minimum absolute atomic E-state index is 0.678. The Hall–Kier alpha value is -1.06. The number of hydrogen-bond donors (Lipinski definition) is 2. The molecule has 0 radical (unpaired) electrons. The van der Waals surface area contributed by atoms with E-state index in [1.165, 1.54) is 0 Å². The van der Waals surface area contributed by atoms with Crippen LogP contribution in [0.5, 0.6) is 0 Å². The van der Waals surface area contributed by atoms with E-state index in [0.717, 1.165) is 0 Å². The molecule has 0 aliphatic carbocycles. The van der Waals surface area contributed by atoms with E-state index in [2.05, 4.69) is 0 Å². The van der Waals surface area contributed by atoms with Gasteiger partial charge in [-0.1, -0.05) is 0 Å². The Balaban J connectivity index is 4.18. The molecule has 4 nitrogen and oxygen atoms in total. The van der Waals surface area contributed by atoms with Crippen molar-refractivity contribution < 1.29 is 36.6 Å². The molecule has 1 unspecified atom stereocenters. The summed E-state index contributed by atoms with van der Waals surface area (Å²) in [4.78, 5) is 21.2. The van der Waals surface area contributed by atoms with Crippen molar-refractivity contribution >= 4 is 23.6 Å². The zero-order valence-electron chi connectivity index (χ0n) is 8.13. The first kappa shape index (κ1) is 15.9. The third-order valence-electron chi connectivity index (χ3n) is 1.41. The first-order valence-electron chi connectivity index (χ1n) is 4.13. The van der Waals surface area contributed by atoms with Gasteiger partial charge in [-0.25, -0.2) is 13.6 Å². The fourth-order valence-electron chi connectivity index (χ4n) is 0.783. The molecule has 0 bridgehead atoms. The SMILES string of the molecule is O=C(CSC(F)(F)F)NC(CC(F)F)C(=O)O. The van der Waals surface area contributed by atoms with Crippen LogP contribution in [0.3, 0.4) is 0 Å². The summed E-state index contributed by atoms with van der Waals surface area (Å²) >= 11 is -0.678. The topological polar surface area (TPSA) is 66.4 Å². The Labute approximate surface area is 96.5 Å². The van der Waals surface area contributed by atoms with E-state index in [1.54, 1.807) is 5.32 Å². The van der Waals surface area contributed by atoms with Crippen LogP contribution in [0.25, 0.3) is 0 Å². The molecule has 0 aliphatic heterocycles. The first-order chi connectivity index (χ1) is 7.61. The van der Waals surface area contributed by atoms with Crippen LogP contribution in [0.4, 0.5) is 22.0 Å². The van der Waals surface area contributed by atoms with Crippen molar-refractivity contribution in [3.05, 3.63) is 0 Å². The van der Waals surface area contributed by atoms with Crippen molar-refractivity contribution in [3.63, 3.8) is 0 Å². The van der Waals surface area contributed by atoms with E-state index in [4.69, 9.17) is 5.11 Å². The van der Waals surface area contributed by atoms with E-state index in [9.17, 15) is 31.5 Å². The van der Waals surface area contributed by atoms with E-state index in [-0.39, 0.29) is 0 Å². The number of carbonyl (C=O) groups excluding carboxylic acids is 1. The average molecular weight is 281 g/mol. The highest BCUT2D eigenvalue weighted by Gasteiger charge is 2.30. The second-order valence-corrected chi connectivity index (χ2v) is 3.86. The third-order valence-corrected chi connectivity index (χ3v) is 2.15. The molecule has 0 saturated carbocycles. The number of alkyl halides is 5. The lowest BCUT2D eigenvalue weighted by Crippen LogP contribution is -2.43. The number of carbonyl (C=O) groups is 2. The molecule has 2 N–H and O–H groups in total. The standard InChI is InChI=1S/C7H8F5NO3S/c8-4(9)1-3(6(15)16)13-5(14)2-17-7(10,11)12/h3-4H,1-2H2,(H,13,14)(H,15,16). The van der Waals surface area contributed by atoms with Crippen molar-refractivity contribution in [1.82, 2.24) is 5.32 Å². The number of aliphatic carboxylic acids is 1. The Bertz CT molecular complexity index is 283. The fourth-order valence-corrected chi connectivity index (χ4v) is 1.16. The van der Waals surface area contributed by atoms with E-state index >= 15 is 0 Å². The molecule has 0 saturated heterocycles. The molecule has 0 fully saturated rings. The first-order valence-corrected chi connectivity index (χ1v) is 5.11. The molecule has 0 aromatic rings. The van der Waals surface area contributed by atoms with Crippen LogP contribution in [-0.4, -0.2) is 40.7 Å². The van der Waals surface area contributed by atoms with Crippen LogP contribution in [0, 0.1) is 0 Å². The Morgan fingerprint density at radius 3 is 2.18 bits per heavy atom. The maximum atomic E-state index is 11.9. The van der Waals surface area contributed by atoms with Crippen LogP contribution in [0.15, 0.2) is 0 Å². The van der Waals surface area contributed by atoms with Gasteiger partial charge in [0.15, 0.2) is 0 Å². The maximum Gasteiger partial charge on any atom is 0.442 e. The highest BCUT2D eigenvalue weighted by atomic mass is 32.2. The van der Waals surface area contributed by atoms with E-state index in [0.29, 0.717) is 0 Å². The van der Waals surface area contributed by atoms with Gasteiger partial charge < -0.3 is 10.4 Å². The zero-order valence-corrected chi connectivity index (χ0v) is 8.95. The number of carboxylic acids is 1. The summed E-state index contributed by atoms with van der Waals surface area (Å²) < 4.78 is 58.7. The molecular weight excluding hydrogens is 273 g/mol. The molecule has 0 heterocycles. The van der Waals surface area contributed by atoms with Gasteiger partial charge in [0.25, 0.3) is 0 Å². The molecule has 0 aromatic heterocycles.